The summed E-state index contributed by atoms with van der Waals surface area (Å²) in [6.45, 7) is 3.93. The number of rotatable bonds is 9. The van der Waals surface area contributed by atoms with Crippen LogP contribution in [0.25, 0.3) is 17.2 Å². The summed E-state index contributed by atoms with van der Waals surface area (Å²) in [5.74, 6) is -4.14. The van der Waals surface area contributed by atoms with Crippen LogP contribution >= 0.6 is 0 Å². The zero-order valence-electron chi connectivity index (χ0n) is 17.6. The number of halogens is 2. The lowest BCUT2D eigenvalue weighted by atomic mass is 9.99. The fourth-order valence-corrected chi connectivity index (χ4v) is 3.28. The Balaban J connectivity index is 1.90. The third-order valence-electron chi connectivity index (χ3n) is 4.85. The van der Waals surface area contributed by atoms with Gasteiger partial charge in [0, 0.05) is 6.42 Å². The number of carboxylic acid groups (broad SMARTS) is 1. The lowest BCUT2D eigenvalue weighted by Crippen LogP contribution is -2.15. The molecule has 0 saturated carbocycles. The molecule has 0 atom stereocenters. The molecule has 0 amide bonds. The fourth-order valence-electron chi connectivity index (χ4n) is 3.28. The second-order valence-corrected chi connectivity index (χ2v) is 7.26. The van der Waals surface area contributed by atoms with Gasteiger partial charge in [-0.1, -0.05) is 62.4 Å². The molecule has 0 radical (unpaired) electrons. The molecule has 0 aliphatic heterocycles. The smallest absolute Gasteiger partial charge is 0.336 e. The maximum Gasteiger partial charge on any atom is 0.336 e. The molecule has 2 aromatic carbocycles. The highest BCUT2D eigenvalue weighted by Gasteiger charge is 2.35. The molecule has 1 heterocycles. The van der Waals surface area contributed by atoms with Crippen LogP contribution in [0.15, 0.2) is 54.6 Å². The van der Waals surface area contributed by atoms with Gasteiger partial charge < -0.3 is 5.11 Å². The van der Waals surface area contributed by atoms with Crippen molar-refractivity contribution < 1.29 is 18.7 Å². The molecule has 1 aromatic heterocycles. The van der Waals surface area contributed by atoms with Crippen molar-refractivity contribution >= 4 is 12.0 Å². The summed E-state index contributed by atoms with van der Waals surface area (Å²) in [7, 11) is 0. The van der Waals surface area contributed by atoms with E-state index in [0.29, 0.717) is 17.8 Å². The molecule has 162 valence electrons. The molecular formula is C24H25F2N3O2. The van der Waals surface area contributed by atoms with E-state index in [0.717, 1.165) is 17.5 Å². The van der Waals surface area contributed by atoms with Gasteiger partial charge in [0.2, 0.25) is 5.82 Å². The van der Waals surface area contributed by atoms with E-state index in [4.69, 9.17) is 0 Å². The van der Waals surface area contributed by atoms with Gasteiger partial charge in [-0.2, -0.15) is 8.78 Å². The van der Waals surface area contributed by atoms with Gasteiger partial charge in [-0.25, -0.2) is 14.5 Å². The van der Waals surface area contributed by atoms with Crippen molar-refractivity contribution in [3.8, 4) is 11.1 Å². The Labute approximate surface area is 180 Å². The van der Waals surface area contributed by atoms with Gasteiger partial charge in [-0.3, -0.25) is 0 Å². The number of hydrogen-bond acceptors (Lipinski definition) is 3. The Kier molecular flexibility index (Phi) is 6.95. The molecule has 0 spiro atoms. The molecule has 0 unspecified atom stereocenters. The van der Waals surface area contributed by atoms with Crippen molar-refractivity contribution in [1.82, 2.24) is 14.8 Å². The number of aromatic carboxylic acids is 1. The number of aromatic nitrogens is 3. The lowest BCUT2D eigenvalue weighted by molar-refractivity contribution is -0.0232. The van der Waals surface area contributed by atoms with Crippen molar-refractivity contribution in [1.29, 1.82) is 0 Å². The van der Waals surface area contributed by atoms with E-state index in [1.807, 2.05) is 37.3 Å². The zero-order valence-corrected chi connectivity index (χ0v) is 17.6. The minimum Gasteiger partial charge on any atom is -0.478 e. The summed E-state index contributed by atoms with van der Waals surface area (Å²) in [5.41, 5.74) is 2.45. The van der Waals surface area contributed by atoms with Crippen LogP contribution in [0, 0.1) is 0 Å². The van der Waals surface area contributed by atoms with Gasteiger partial charge >= 0.3 is 11.9 Å². The van der Waals surface area contributed by atoms with E-state index in [-0.39, 0.29) is 18.5 Å². The van der Waals surface area contributed by atoms with Crippen LogP contribution in [0.5, 0.6) is 0 Å². The van der Waals surface area contributed by atoms with Crippen molar-refractivity contribution in [2.45, 2.75) is 45.6 Å². The van der Waals surface area contributed by atoms with E-state index < -0.39 is 17.7 Å². The van der Waals surface area contributed by atoms with E-state index >= 15 is 0 Å². The number of nitrogens with zero attached hydrogens (tertiary/aromatic N) is 3. The normalized spacial score (nSPS) is 11.9. The average molecular weight is 425 g/mol. The summed E-state index contributed by atoms with van der Waals surface area (Å²) in [6, 6.07) is 14.1. The molecule has 3 rings (SSSR count). The summed E-state index contributed by atoms with van der Waals surface area (Å²) in [4.78, 5) is 15.6. The Morgan fingerprint density at radius 1 is 1.13 bits per heavy atom. The molecule has 5 nitrogen and oxygen atoms in total. The first-order valence-electron chi connectivity index (χ1n) is 10.3. The topological polar surface area (TPSA) is 68.0 Å². The first-order chi connectivity index (χ1) is 14.9. The third-order valence-corrected chi connectivity index (χ3v) is 4.85. The quantitative estimate of drug-likeness (QED) is 0.456. The van der Waals surface area contributed by atoms with Crippen LogP contribution in [0.2, 0.25) is 0 Å². The molecule has 0 aliphatic rings. The third kappa shape index (κ3) is 5.23. The number of alkyl halides is 2. The van der Waals surface area contributed by atoms with Crippen LogP contribution in [-0.2, 0) is 12.5 Å². The predicted molar refractivity (Wildman–Crippen MR) is 116 cm³/mol. The molecule has 0 fully saturated rings. The first kappa shape index (κ1) is 22.3. The second-order valence-electron chi connectivity index (χ2n) is 7.26. The largest absolute Gasteiger partial charge is 0.478 e. The average Bonchev–Trinajstić information content (AvgIpc) is 3.16. The summed E-state index contributed by atoms with van der Waals surface area (Å²) >= 11 is 0. The number of allylic oxidation sites excluding steroid dienone is 1. The summed E-state index contributed by atoms with van der Waals surface area (Å²) in [5, 5.41) is 13.5. The van der Waals surface area contributed by atoms with Gasteiger partial charge in [-0.05, 0) is 41.7 Å². The van der Waals surface area contributed by atoms with Crippen LogP contribution in [0.1, 0.15) is 60.7 Å². The number of carbonyl (C=O) groups is 1. The molecular weight excluding hydrogens is 400 g/mol. The van der Waals surface area contributed by atoms with Gasteiger partial charge in [0.25, 0.3) is 0 Å². The zero-order chi connectivity index (χ0) is 22.4. The summed E-state index contributed by atoms with van der Waals surface area (Å²) < 4.78 is 30.2. The van der Waals surface area contributed by atoms with E-state index in [1.54, 1.807) is 37.3 Å². The molecule has 3 aromatic rings. The number of benzene rings is 2. The van der Waals surface area contributed by atoms with E-state index in [9.17, 15) is 18.7 Å². The number of carboxylic acids is 1. The highest BCUT2D eigenvalue weighted by Crippen LogP contribution is 2.31. The Bertz CT molecular complexity index is 1070. The molecule has 0 aliphatic carbocycles. The summed E-state index contributed by atoms with van der Waals surface area (Å²) in [6.07, 6.45) is 4.35. The van der Waals surface area contributed by atoms with E-state index in [1.165, 1.54) is 4.68 Å². The van der Waals surface area contributed by atoms with Gasteiger partial charge in [0.15, 0.2) is 5.82 Å². The van der Waals surface area contributed by atoms with Crippen molar-refractivity contribution in [2.24, 2.45) is 0 Å². The minimum absolute atomic E-state index is 0.223. The van der Waals surface area contributed by atoms with Crippen LogP contribution in [-0.4, -0.2) is 25.8 Å². The molecule has 1 N–H and O–H groups in total. The SMILES string of the molecule is CC/C=C/c1nc(C(F)(F)CCC)nn1Cc1ccc(-c2ccccc2C(=O)O)cc1. The van der Waals surface area contributed by atoms with Gasteiger partial charge in [0.05, 0.1) is 12.1 Å². The van der Waals surface area contributed by atoms with E-state index in [2.05, 4.69) is 10.1 Å². The monoisotopic (exact) mass is 425 g/mol. The fraction of sp³-hybridized carbons (Fsp3) is 0.292. The molecule has 0 saturated heterocycles. The van der Waals surface area contributed by atoms with Crippen molar-refractivity contribution in [2.75, 3.05) is 0 Å². The van der Waals surface area contributed by atoms with Crippen LogP contribution in [0.3, 0.4) is 0 Å². The van der Waals surface area contributed by atoms with Crippen LogP contribution < -0.4 is 0 Å². The highest BCUT2D eigenvalue weighted by atomic mass is 19.3. The second kappa shape index (κ2) is 9.64. The first-order valence-corrected chi connectivity index (χ1v) is 10.3. The molecule has 31 heavy (non-hydrogen) atoms. The maximum absolute atomic E-state index is 14.3. The standard InChI is InChI=1S/C24H25F2N3O2/c1-3-5-10-21-27-23(24(25,26)15-4-2)28-29(21)16-17-11-13-18(14-12-17)19-8-6-7-9-20(19)22(30)31/h5-14H,3-4,15-16H2,1-2H3,(H,30,31)/b10-5+. The molecule has 0 bridgehead atoms. The number of hydrogen-bond donors (Lipinski definition) is 1. The minimum atomic E-state index is -3.07. The Morgan fingerprint density at radius 2 is 1.84 bits per heavy atom. The lowest BCUT2D eigenvalue weighted by Gasteiger charge is -2.10. The highest BCUT2D eigenvalue weighted by molar-refractivity contribution is 5.95. The molecule has 7 heteroatoms. The Hall–Kier alpha value is -3.35. The van der Waals surface area contributed by atoms with Gasteiger partial charge in [-0.15, -0.1) is 5.10 Å². The van der Waals surface area contributed by atoms with Crippen molar-refractivity contribution in [3.05, 3.63) is 77.4 Å². The van der Waals surface area contributed by atoms with Gasteiger partial charge in [0.1, 0.15) is 0 Å². The predicted octanol–water partition coefficient (Wildman–Crippen LogP) is 6.01. The van der Waals surface area contributed by atoms with Crippen molar-refractivity contribution in [3.63, 3.8) is 0 Å². The maximum atomic E-state index is 14.3. The Morgan fingerprint density at radius 3 is 2.48 bits per heavy atom. The van der Waals surface area contributed by atoms with Crippen LogP contribution in [0.4, 0.5) is 8.78 Å².